The maximum Gasteiger partial charge on any atom is 0.407 e. The average molecular weight is 669 g/mol. The zero-order valence-corrected chi connectivity index (χ0v) is 29.3. The van der Waals surface area contributed by atoms with Crippen molar-refractivity contribution in [3.8, 4) is 0 Å². The van der Waals surface area contributed by atoms with E-state index in [2.05, 4.69) is 21.3 Å². The van der Waals surface area contributed by atoms with Gasteiger partial charge in [0.05, 0.1) is 19.2 Å². The molecule has 4 N–H and O–H groups in total. The van der Waals surface area contributed by atoms with Gasteiger partial charge in [0.1, 0.15) is 24.3 Å². The standard InChI is InChI=1S/C36H52N4O8/c1-9-24(4)31(32(42)40-30(23(2)3)33(43)46-8)39-29(41)21-28(37-34(44)47-22-26-18-14-11-15-19-26)27(20-25-16-12-10-13-17-25)38-35(45)48-36(5,6)7/h10-19,23-24,27-28,30-31H,9,20-22H2,1-8H3,(H,37,44)(H,38,45)(H,39,41)(H,40,42)/t24-,27-,28-,30-,31-/m0/s1. The van der Waals surface area contributed by atoms with Gasteiger partial charge in [-0.3, -0.25) is 9.59 Å². The molecule has 2 aromatic rings. The predicted molar refractivity (Wildman–Crippen MR) is 182 cm³/mol. The predicted octanol–water partition coefficient (Wildman–Crippen LogP) is 4.65. The summed E-state index contributed by atoms with van der Waals surface area (Å²) in [7, 11) is 1.24. The van der Waals surface area contributed by atoms with Crippen LogP contribution in [0.3, 0.4) is 0 Å². The lowest BCUT2D eigenvalue weighted by molar-refractivity contribution is -0.146. The highest BCUT2D eigenvalue weighted by molar-refractivity contribution is 5.91. The zero-order valence-electron chi connectivity index (χ0n) is 29.3. The molecule has 12 nitrogen and oxygen atoms in total. The molecule has 4 amide bonds. The van der Waals surface area contributed by atoms with Crippen molar-refractivity contribution in [2.24, 2.45) is 11.8 Å². The number of hydrogen-bond acceptors (Lipinski definition) is 8. The molecule has 0 aliphatic heterocycles. The van der Waals surface area contributed by atoms with Crippen LogP contribution >= 0.6 is 0 Å². The number of benzene rings is 2. The molecule has 0 saturated carbocycles. The summed E-state index contributed by atoms with van der Waals surface area (Å²) in [5.41, 5.74) is 0.803. The summed E-state index contributed by atoms with van der Waals surface area (Å²) in [6, 6.07) is 14.7. The Labute approximate surface area is 284 Å². The second-order valence-electron chi connectivity index (χ2n) is 13.1. The molecule has 0 fully saturated rings. The molecule has 12 heteroatoms. The number of methoxy groups -OCH3 is 1. The molecular weight excluding hydrogens is 616 g/mol. The molecule has 0 bridgehead atoms. The van der Waals surface area contributed by atoms with Crippen molar-refractivity contribution < 1.29 is 38.2 Å². The van der Waals surface area contributed by atoms with Gasteiger partial charge in [-0.15, -0.1) is 0 Å². The summed E-state index contributed by atoms with van der Waals surface area (Å²) in [5.74, 6) is -2.26. The van der Waals surface area contributed by atoms with Gasteiger partial charge in [-0.1, -0.05) is 94.8 Å². The average Bonchev–Trinajstić information content (AvgIpc) is 3.03. The van der Waals surface area contributed by atoms with Gasteiger partial charge in [0.25, 0.3) is 0 Å². The number of alkyl carbamates (subject to hydrolysis) is 2. The Hall–Kier alpha value is -4.61. The number of ether oxygens (including phenoxy) is 3. The lowest BCUT2D eigenvalue weighted by atomic mass is 9.94. The van der Waals surface area contributed by atoms with Crippen LogP contribution in [-0.2, 0) is 41.6 Å². The van der Waals surface area contributed by atoms with E-state index in [9.17, 15) is 24.0 Å². The monoisotopic (exact) mass is 668 g/mol. The Morgan fingerprint density at radius 2 is 1.29 bits per heavy atom. The third-order valence-electron chi connectivity index (χ3n) is 7.64. The molecule has 264 valence electrons. The maximum atomic E-state index is 13.7. The molecular formula is C36H52N4O8. The SMILES string of the molecule is CC[C@H](C)[C@H](NC(=O)C[C@H](NC(=O)OCc1ccccc1)[C@H](Cc1ccccc1)NC(=O)OC(C)(C)C)C(=O)N[C@H](C(=O)OC)C(C)C. The van der Waals surface area contributed by atoms with Crippen molar-refractivity contribution in [3.63, 3.8) is 0 Å². The smallest absolute Gasteiger partial charge is 0.407 e. The van der Waals surface area contributed by atoms with Crippen molar-refractivity contribution in [2.75, 3.05) is 7.11 Å². The number of esters is 1. The van der Waals surface area contributed by atoms with E-state index in [-0.39, 0.29) is 31.3 Å². The molecule has 0 saturated heterocycles. The molecule has 0 radical (unpaired) electrons. The van der Waals surface area contributed by atoms with E-state index in [0.29, 0.717) is 6.42 Å². The molecule has 5 atom stereocenters. The Morgan fingerprint density at radius 1 is 0.729 bits per heavy atom. The summed E-state index contributed by atoms with van der Waals surface area (Å²) in [6.07, 6.45) is -1.06. The number of rotatable bonds is 16. The zero-order chi connectivity index (χ0) is 35.9. The van der Waals surface area contributed by atoms with Crippen molar-refractivity contribution >= 4 is 30.0 Å². The Kier molecular flexibility index (Phi) is 15.9. The van der Waals surface area contributed by atoms with Gasteiger partial charge < -0.3 is 35.5 Å². The minimum Gasteiger partial charge on any atom is -0.467 e. The lowest BCUT2D eigenvalue weighted by Crippen LogP contribution is -2.58. The van der Waals surface area contributed by atoms with Gasteiger partial charge >= 0.3 is 18.2 Å². The third-order valence-corrected chi connectivity index (χ3v) is 7.64. The van der Waals surface area contributed by atoms with Crippen LogP contribution < -0.4 is 21.3 Å². The van der Waals surface area contributed by atoms with Gasteiger partial charge in [0.2, 0.25) is 11.8 Å². The van der Waals surface area contributed by atoms with E-state index in [1.165, 1.54) is 7.11 Å². The lowest BCUT2D eigenvalue weighted by Gasteiger charge is -2.31. The highest BCUT2D eigenvalue weighted by Crippen LogP contribution is 2.15. The normalized spacial score (nSPS) is 14.4. The van der Waals surface area contributed by atoms with Crippen LogP contribution in [-0.4, -0.2) is 66.8 Å². The van der Waals surface area contributed by atoms with E-state index in [0.717, 1.165) is 11.1 Å². The maximum absolute atomic E-state index is 13.7. The number of nitrogens with one attached hydrogen (secondary N) is 4. The first kappa shape index (κ1) is 39.6. The molecule has 0 heterocycles. The Bertz CT molecular complexity index is 1330. The minimum atomic E-state index is -0.995. The molecule has 2 rings (SSSR count). The van der Waals surface area contributed by atoms with Crippen LogP contribution in [0.4, 0.5) is 9.59 Å². The van der Waals surface area contributed by atoms with Crippen molar-refractivity contribution in [1.82, 2.24) is 21.3 Å². The largest absolute Gasteiger partial charge is 0.467 e. The topological polar surface area (TPSA) is 161 Å². The number of carbonyl (C=O) groups is 5. The first-order valence-electron chi connectivity index (χ1n) is 16.3. The van der Waals surface area contributed by atoms with Crippen LogP contribution in [0.25, 0.3) is 0 Å². The van der Waals surface area contributed by atoms with E-state index >= 15 is 0 Å². The van der Waals surface area contributed by atoms with Gasteiger partial charge in [-0.2, -0.15) is 0 Å². The van der Waals surface area contributed by atoms with Crippen LogP contribution in [0.2, 0.25) is 0 Å². The second kappa shape index (κ2) is 19.3. The molecule has 48 heavy (non-hydrogen) atoms. The third kappa shape index (κ3) is 14.0. The summed E-state index contributed by atoms with van der Waals surface area (Å²) >= 11 is 0. The first-order valence-corrected chi connectivity index (χ1v) is 16.3. The summed E-state index contributed by atoms with van der Waals surface area (Å²) in [5, 5.41) is 11.1. The van der Waals surface area contributed by atoms with E-state index in [1.54, 1.807) is 34.6 Å². The molecule has 0 aromatic heterocycles. The number of carbonyl (C=O) groups excluding carboxylic acids is 5. The Morgan fingerprint density at radius 3 is 1.81 bits per heavy atom. The summed E-state index contributed by atoms with van der Waals surface area (Å²) in [4.78, 5) is 65.6. The van der Waals surface area contributed by atoms with Crippen molar-refractivity contribution in [3.05, 3.63) is 71.8 Å². The van der Waals surface area contributed by atoms with Gasteiger partial charge in [-0.05, 0) is 50.2 Å². The van der Waals surface area contributed by atoms with E-state index < -0.39 is 59.7 Å². The van der Waals surface area contributed by atoms with Gasteiger partial charge in [0, 0.05) is 6.42 Å². The number of amides is 4. The highest BCUT2D eigenvalue weighted by Gasteiger charge is 2.34. The quantitative estimate of drug-likeness (QED) is 0.149. The van der Waals surface area contributed by atoms with E-state index in [4.69, 9.17) is 14.2 Å². The molecule has 0 unspecified atom stereocenters. The van der Waals surface area contributed by atoms with Crippen LogP contribution in [0.15, 0.2) is 60.7 Å². The van der Waals surface area contributed by atoms with Crippen LogP contribution in [0, 0.1) is 11.8 Å². The summed E-state index contributed by atoms with van der Waals surface area (Å²) < 4.78 is 15.8. The van der Waals surface area contributed by atoms with Crippen molar-refractivity contribution in [2.45, 2.75) is 104 Å². The minimum absolute atomic E-state index is 0.0120. The second-order valence-corrected chi connectivity index (χ2v) is 13.1. The first-order chi connectivity index (χ1) is 22.6. The molecule has 0 spiro atoms. The van der Waals surface area contributed by atoms with Crippen LogP contribution in [0.1, 0.15) is 72.4 Å². The van der Waals surface area contributed by atoms with Gasteiger partial charge in [-0.25, -0.2) is 14.4 Å². The van der Waals surface area contributed by atoms with Crippen LogP contribution in [0.5, 0.6) is 0 Å². The molecule has 0 aliphatic carbocycles. The van der Waals surface area contributed by atoms with Crippen molar-refractivity contribution in [1.29, 1.82) is 0 Å². The fourth-order valence-electron chi connectivity index (χ4n) is 4.83. The fraction of sp³-hybridized carbons (Fsp3) is 0.528. The Balaban J connectivity index is 2.38. The number of hydrogen-bond donors (Lipinski definition) is 4. The highest BCUT2D eigenvalue weighted by atomic mass is 16.6. The molecule has 0 aliphatic rings. The summed E-state index contributed by atoms with van der Waals surface area (Å²) in [6.45, 7) is 12.4. The van der Waals surface area contributed by atoms with Gasteiger partial charge in [0.15, 0.2) is 0 Å². The molecule has 2 aromatic carbocycles. The fourth-order valence-corrected chi connectivity index (χ4v) is 4.83. The van der Waals surface area contributed by atoms with E-state index in [1.807, 2.05) is 74.5 Å².